The van der Waals surface area contributed by atoms with Gasteiger partial charge in [0.15, 0.2) is 9.84 Å². The monoisotopic (exact) mass is 436 g/mol. The third-order valence-electron chi connectivity index (χ3n) is 4.83. The third kappa shape index (κ3) is 7.96. The van der Waals surface area contributed by atoms with Crippen molar-refractivity contribution in [1.82, 2.24) is 20.0 Å². The number of carboxylic acid groups (broad SMARTS) is 1. The maximum Gasteiger partial charge on any atom is 0.290 e. The predicted octanol–water partition coefficient (Wildman–Crippen LogP) is 0.886. The molecule has 10 heteroatoms. The summed E-state index contributed by atoms with van der Waals surface area (Å²) in [4.78, 5) is 22.9. The number of piperidine rings is 1. The molecule has 30 heavy (non-hydrogen) atoms. The maximum atomic E-state index is 12.4. The molecule has 1 amide bonds. The van der Waals surface area contributed by atoms with Crippen molar-refractivity contribution >= 4 is 22.2 Å². The lowest BCUT2D eigenvalue weighted by atomic mass is 9.98. The van der Waals surface area contributed by atoms with Crippen LogP contribution in [0.25, 0.3) is 0 Å². The van der Waals surface area contributed by atoms with E-state index in [2.05, 4.69) is 15.3 Å². The molecule has 9 nitrogen and oxygen atoms in total. The highest BCUT2D eigenvalue weighted by Crippen LogP contribution is 2.17. The first-order valence-corrected chi connectivity index (χ1v) is 11.4. The van der Waals surface area contributed by atoms with Gasteiger partial charge in [-0.05, 0) is 43.5 Å². The molecule has 2 heterocycles. The third-order valence-corrected chi connectivity index (χ3v) is 6.54. The smallest absolute Gasteiger partial charge is 0.290 e. The van der Waals surface area contributed by atoms with Crippen LogP contribution >= 0.6 is 0 Å². The summed E-state index contributed by atoms with van der Waals surface area (Å²) in [5.74, 6) is 0.414. The van der Waals surface area contributed by atoms with Gasteiger partial charge in [0.25, 0.3) is 6.47 Å². The van der Waals surface area contributed by atoms with Crippen LogP contribution in [0.4, 0.5) is 0 Å². The first-order valence-electron chi connectivity index (χ1n) is 9.76. The average Bonchev–Trinajstić information content (AvgIpc) is 3.25. The largest absolute Gasteiger partial charge is 0.483 e. The van der Waals surface area contributed by atoms with Gasteiger partial charge in [0.1, 0.15) is 6.54 Å². The van der Waals surface area contributed by atoms with E-state index in [1.807, 2.05) is 6.07 Å². The van der Waals surface area contributed by atoms with E-state index in [-0.39, 0.29) is 24.7 Å². The minimum atomic E-state index is -3.25. The van der Waals surface area contributed by atoms with E-state index < -0.39 is 9.84 Å². The first kappa shape index (κ1) is 23.6. The number of hydrogen-bond donors (Lipinski definition) is 2. The molecule has 2 N–H and O–H groups in total. The van der Waals surface area contributed by atoms with Gasteiger partial charge in [-0.1, -0.05) is 18.2 Å². The Morgan fingerprint density at radius 1 is 1.27 bits per heavy atom. The van der Waals surface area contributed by atoms with Crippen LogP contribution in [0.2, 0.25) is 0 Å². The number of carbonyl (C=O) groups excluding carboxylic acids is 1. The van der Waals surface area contributed by atoms with E-state index >= 15 is 0 Å². The van der Waals surface area contributed by atoms with Crippen LogP contribution in [0.1, 0.15) is 12.8 Å². The second-order valence-corrected chi connectivity index (χ2v) is 9.16. The molecule has 1 atom stereocenters. The van der Waals surface area contributed by atoms with E-state index in [9.17, 15) is 13.2 Å². The Morgan fingerprint density at radius 3 is 2.67 bits per heavy atom. The average molecular weight is 437 g/mol. The van der Waals surface area contributed by atoms with Crippen LogP contribution in [0.3, 0.4) is 0 Å². The molecule has 164 valence electrons. The number of amides is 1. The summed E-state index contributed by atoms with van der Waals surface area (Å²) in [6.45, 7) is 2.82. The van der Waals surface area contributed by atoms with E-state index in [1.165, 1.54) is 0 Å². The number of sulfone groups is 1. The summed E-state index contributed by atoms with van der Waals surface area (Å²) in [5.41, 5.74) is 0. The fraction of sp³-hybridized carbons (Fsp3) is 0.450. The molecular formula is C20H28N4O5S. The summed E-state index contributed by atoms with van der Waals surface area (Å²) in [5, 5.41) is 13.9. The zero-order valence-corrected chi connectivity index (χ0v) is 17.6. The zero-order chi connectivity index (χ0) is 21.8. The van der Waals surface area contributed by atoms with Gasteiger partial charge in [-0.25, -0.2) is 8.42 Å². The molecular weight excluding hydrogens is 408 g/mol. The van der Waals surface area contributed by atoms with Crippen LogP contribution in [-0.2, 0) is 26.0 Å². The number of hydrogen-bond acceptors (Lipinski definition) is 6. The number of nitrogens with one attached hydrogen (secondary N) is 1. The summed E-state index contributed by atoms with van der Waals surface area (Å²) in [7, 11) is -3.25. The standard InChI is InChI=1S/C19H26N4O3S.CH2O2/c24-19(16-23-11-5-9-21-23)20-14-17-6-4-10-22(15-17)12-13-27(25,26)18-7-2-1-3-8-18;2-1-3/h1-3,5,7-9,11,17H,4,6,10,12-16H2,(H,20,24);1H,(H,2,3). The molecule has 1 unspecified atom stereocenters. The van der Waals surface area contributed by atoms with E-state index in [0.717, 1.165) is 25.9 Å². The SMILES string of the molecule is O=C(Cn1cccn1)NCC1CCCN(CCS(=O)(=O)c2ccccc2)C1.O=CO. The van der Waals surface area contributed by atoms with Crippen LogP contribution in [0.5, 0.6) is 0 Å². The van der Waals surface area contributed by atoms with Gasteiger partial charge in [-0.3, -0.25) is 14.3 Å². The lowest BCUT2D eigenvalue weighted by Gasteiger charge is -2.32. The number of rotatable bonds is 8. The van der Waals surface area contributed by atoms with Gasteiger partial charge in [-0.15, -0.1) is 0 Å². The zero-order valence-electron chi connectivity index (χ0n) is 16.8. The lowest BCUT2D eigenvalue weighted by molar-refractivity contribution is -0.123. The molecule has 1 aromatic heterocycles. The highest BCUT2D eigenvalue weighted by Gasteiger charge is 2.22. The van der Waals surface area contributed by atoms with Gasteiger partial charge in [0.2, 0.25) is 5.91 Å². The molecule has 1 aromatic carbocycles. The highest BCUT2D eigenvalue weighted by atomic mass is 32.2. The predicted molar refractivity (Wildman–Crippen MR) is 112 cm³/mol. The van der Waals surface area contributed by atoms with Gasteiger partial charge in [-0.2, -0.15) is 5.10 Å². The van der Waals surface area contributed by atoms with E-state index in [1.54, 1.807) is 47.4 Å². The van der Waals surface area contributed by atoms with Crippen LogP contribution < -0.4 is 5.32 Å². The number of likely N-dealkylation sites (tertiary alicyclic amines) is 1. The Bertz CT molecular complexity index is 872. The molecule has 0 radical (unpaired) electrons. The molecule has 1 saturated heterocycles. The Morgan fingerprint density at radius 2 is 2.00 bits per heavy atom. The quantitative estimate of drug-likeness (QED) is 0.589. The second-order valence-electron chi connectivity index (χ2n) is 7.05. The van der Waals surface area contributed by atoms with Crippen LogP contribution in [0, 0.1) is 5.92 Å². The molecule has 1 aliphatic rings. The van der Waals surface area contributed by atoms with Crippen molar-refractivity contribution in [3.05, 3.63) is 48.8 Å². The minimum Gasteiger partial charge on any atom is -0.483 e. The normalized spacial score (nSPS) is 16.9. The van der Waals surface area contributed by atoms with Crippen molar-refractivity contribution in [3.63, 3.8) is 0 Å². The van der Waals surface area contributed by atoms with E-state index in [4.69, 9.17) is 9.90 Å². The fourth-order valence-corrected chi connectivity index (χ4v) is 4.68. The number of benzene rings is 1. The molecule has 0 aliphatic carbocycles. The van der Waals surface area contributed by atoms with Crippen molar-refractivity contribution < 1.29 is 23.1 Å². The van der Waals surface area contributed by atoms with Gasteiger partial charge < -0.3 is 15.3 Å². The van der Waals surface area contributed by atoms with Crippen LogP contribution in [-0.4, -0.2) is 72.5 Å². The summed E-state index contributed by atoms with van der Waals surface area (Å²) in [6.07, 6.45) is 5.47. The van der Waals surface area contributed by atoms with Gasteiger partial charge in [0.05, 0.1) is 10.6 Å². The summed E-state index contributed by atoms with van der Waals surface area (Å²) >= 11 is 0. The molecule has 2 aromatic rings. The fourth-order valence-electron chi connectivity index (χ4n) is 3.37. The molecule has 1 fully saturated rings. The molecule has 0 saturated carbocycles. The Hall–Kier alpha value is -2.72. The Kier molecular flexibility index (Phi) is 9.49. The number of nitrogens with zero attached hydrogens (tertiary/aromatic N) is 3. The van der Waals surface area contributed by atoms with Gasteiger partial charge >= 0.3 is 0 Å². The Balaban J connectivity index is 0.00000101. The van der Waals surface area contributed by atoms with Crippen molar-refractivity contribution in [3.8, 4) is 0 Å². The summed E-state index contributed by atoms with van der Waals surface area (Å²) in [6, 6.07) is 10.4. The highest BCUT2D eigenvalue weighted by molar-refractivity contribution is 7.91. The second kappa shape index (κ2) is 12.1. The van der Waals surface area contributed by atoms with Crippen molar-refractivity contribution in [2.45, 2.75) is 24.3 Å². The molecule has 0 spiro atoms. The van der Waals surface area contributed by atoms with Gasteiger partial charge in [0, 0.05) is 32.0 Å². The van der Waals surface area contributed by atoms with Crippen LogP contribution in [0.15, 0.2) is 53.7 Å². The summed E-state index contributed by atoms with van der Waals surface area (Å²) < 4.78 is 26.5. The minimum absolute atomic E-state index is 0.0533. The number of aromatic nitrogens is 2. The van der Waals surface area contributed by atoms with Crippen molar-refractivity contribution in [2.24, 2.45) is 5.92 Å². The first-order chi connectivity index (χ1) is 14.4. The Labute approximate surface area is 176 Å². The molecule has 0 bridgehead atoms. The van der Waals surface area contributed by atoms with Crippen molar-refractivity contribution in [2.75, 3.05) is 31.9 Å². The molecule has 3 rings (SSSR count). The van der Waals surface area contributed by atoms with Crippen molar-refractivity contribution in [1.29, 1.82) is 0 Å². The molecule has 1 aliphatic heterocycles. The topological polar surface area (TPSA) is 122 Å². The number of carbonyl (C=O) groups is 2. The van der Waals surface area contributed by atoms with E-state index in [0.29, 0.717) is 23.9 Å². The lowest BCUT2D eigenvalue weighted by Crippen LogP contribution is -2.43. The maximum absolute atomic E-state index is 12.4.